The molecular weight excluding hydrogens is 483 g/mol. The van der Waals surface area contributed by atoms with Crippen LogP contribution in [0.2, 0.25) is 0 Å². The maximum atomic E-state index is 3.49. The van der Waals surface area contributed by atoms with Crippen molar-refractivity contribution in [3.05, 3.63) is 72.1 Å². The number of nitrogens with one attached hydrogen (secondary N) is 1. The van der Waals surface area contributed by atoms with Crippen molar-refractivity contribution in [3.63, 3.8) is 0 Å². The molecule has 1 aliphatic rings. The molecule has 0 spiro atoms. The van der Waals surface area contributed by atoms with Crippen LogP contribution in [0.15, 0.2) is 60.7 Å². The summed E-state index contributed by atoms with van der Waals surface area (Å²) in [6, 6.07) is 21.7. The van der Waals surface area contributed by atoms with Gasteiger partial charge in [-0.05, 0) is 36.7 Å². The number of pyridine rings is 1. The van der Waals surface area contributed by atoms with Crippen LogP contribution in [0.4, 0.5) is 5.69 Å². The Balaban J connectivity index is 0.00000218. The Morgan fingerprint density at radius 3 is 2.43 bits per heavy atom. The highest BCUT2D eigenvalue weighted by molar-refractivity contribution is 5.91. The van der Waals surface area contributed by atoms with E-state index in [9.17, 15) is 0 Å². The Morgan fingerprint density at radius 1 is 0.900 bits per heavy atom. The number of aromatic nitrogens is 2. The number of hydrogen-bond acceptors (Lipinski definition) is 2. The summed E-state index contributed by atoms with van der Waals surface area (Å²) in [5.74, 6) is 0. The second-order valence-electron chi connectivity index (χ2n) is 7.97. The molecule has 4 aromatic rings. The highest BCUT2D eigenvalue weighted by Crippen LogP contribution is 2.27. The van der Waals surface area contributed by atoms with Crippen molar-refractivity contribution in [2.24, 2.45) is 7.05 Å². The molecule has 0 radical (unpaired) electrons. The zero-order chi connectivity index (χ0) is 19.8. The summed E-state index contributed by atoms with van der Waals surface area (Å²) >= 11 is 0. The van der Waals surface area contributed by atoms with Crippen LogP contribution < -0.4 is 33.4 Å². The molecule has 0 aliphatic carbocycles. The number of piperazine rings is 1. The summed E-state index contributed by atoms with van der Waals surface area (Å²) in [4.78, 5) is 8.42. The first-order valence-electron chi connectivity index (χ1n) is 10.3. The van der Waals surface area contributed by atoms with Gasteiger partial charge in [-0.25, -0.2) is 0 Å². The highest BCUT2D eigenvalue weighted by atomic mass is 127. The van der Waals surface area contributed by atoms with Crippen LogP contribution in [-0.2, 0) is 7.05 Å². The van der Waals surface area contributed by atoms with E-state index in [0.29, 0.717) is 0 Å². The quantitative estimate of drug-likeness (QED) is 0.330. The van der Waals surface area contributed by atoms with E-state index in [-0.39, 0.29) is 24.0 Å². The van der Waals surface area contributed by atoms with Gasteiger partial charge in [-0.1, -0.05) is 30.3 Å². The molecule has 30 heavy (non-hydrogen) atoms. The van der Waals surface area contributed by atoms with Crippen molar-refractivity contribution < 1.29 is 28.5 Å². The van der Waals surface area contributed by atoms with E-state index in [2.05, 4.69) is 106 Å². The van der Waals surface area contributed by atoms with Crippen LogP contribution in [0.1, 0.15) is 11.4 Å². The number of aryl methyl sites for hydroxylation is 1. The molecule has 154 valence electrons. The van der Waals surface area contributed by atoms with E-state index in [4.69, 9.17) is 0 Å². The lowest BCUT2D eigenvalue weighted by atomic mass is 10.1. The molecule has 0 saturated carbocycles. The molecule has 0 atom stereocenters. The zero-order valence-electron chi connectivity index (χ0n) is 17.5. The third kappa shape index (κ3) is 3.96. The third-order valence-corrected chi connectivity index (χ3v) is 6.04. The summed E-state index contributed by atoms with van der Waals surface area (Å²) < 4.78 is 2.29. The number of benzene rings is 2. The zero-order valence-corrected chi connectivity index (χ0v) is 19.6. The number of H-pyrrole nitrogens is 1. The number of aromatic amines is 1. The molecule has 4 nitrogen and oxygen atoms in total. The summed E-state index contributed by atoms with van der Waals surface area (Å²) in [5, 5.41) is 2.57. The lowest BCUT2D eigenvalue weighted by Gasteiger charge is -2.34. The molecule has 1 aliphatic heterocycles. The summed E-state index contributed by atoms with van der Waals surface area (Å²) in [7, 11) is 4.36. The molecule has 0 bridgehead atoms. The lowest BCUT2D eigenvalue weighted by molar-refractivity contribution is -0.646. The minimum absolute atomic E-state index is 0. The summed E-state index contributed by atoms with van der Waals surface area (Å²) in [6.07, 6.45) is 4.40. The molecule has 1 N–H and O–H groups in total. The first kappa shape index (κ1) is 20.9. The van der Waals surface area contributed by atoms with Gasteiger partial charge in [0.05, 0.1) is 11.1 Å². The maximum Gasteiger partial charge on any atom is 0.214 e. The van der Waals surface area contributed by atoms with Crippen molar-refractivity contribution in [1.29, 1.82) is 0 Å². The minimum Gasteiger partial charge on any atom is -1.00 e. The van der Waals surface area contributed by atoms with Gasteiger partial charge in [0.15, 0.2) is 0 Å². The van der Waals surface area contributed by atoms with Crippen LogP contribution in [0.25, 0.3) is 34.0 Å². The normalized spacial score (nSPS) is 15.2. The predicted molar refractivity (Wildman–Crippen MR) is 122 cm³/mol. The van der Waals surface area contributed by atoms with E-state index in [1.807, 2.05) is 0 Å². The lowest BCUT2D eigenvalue weighted by Crippen LogP contribution is -3.00. The van der Waals surface area contributed by atoms with Gasteiger partial charge in [0.1, 0.15) is 7.05 Å². The van der Waals surface area contributed by atoms with Gasteiger partial charge in [-0.3, -0.25) is 0 Å². The van der Waals surface area contributed by atoms with Crippen molar-refractivity contribution in [2.45, 2.75) is 0 Å². The van der Waals surface area contributed by atoms with Gasteiger partial charge in [-0.2, -0.15) is 4.57 Å². The fourth-order valence-corrected chi connectivity index (χ4v) is 4.27. The predicted octanol–water partition coefficient (Wildman–Crippen LogP) is 1.07. The minimum atomic E-state index is 0. The first-order chi connectivity index (χ1) is 14.2. The summed E-state index contributed by atoms with van der Waals surface area (Å²) in [6.45, 7) is 4.35. The van der Waals surface area contributed by atoms with Crippen LogP contribution in [0.3, 0.4) is 0 Å². The maximum absolute atomic E-state index is 3.49. The molecule has 0 amide bonds. The average Bonchev–Trinajstić information content (AvgIpc) is 3.17. The Hall–Kier alpha value is -2.38. The Morgan fingerprint density at radius 2 is 1.63 bits per heavy atom. The molecule has 3 heterocycles. The van der Waals surface area contributed by atoms with E-state index in [0.717, 1.165) is 31.9 Å². The topological polar surface area (TPSA) is 26.1 Å². The molecule has 2 aromatic carbocycles. The van der Waals surface area contributed by atoms with Gasteiger partial charge in [-0.15, -0.1) is 0 Å². The van der Waals surface area contributed by atoms with Crippen LogP contribution in [-0.4, -0.2) is 43.1 Å². The van der Waals surface area contributed by atoms with Crippen molar-refractivity contribution in [1.82, 2.24) is 9.88 Å². The molecule has 5 heteroatoms. The number of nitrogens with zero attached hydrogens (tertiary/aromatic N) is 3. The fourth-order valence-electron chi connectivity index (χ4n) is 4.27. The largest absolute Gasteiger partial charge is 1.00 e. The van der Waals surface area contributed by atoms with Gasteiger partial charge in [0.2, 0.25) is 11.2 Å². The van der Waals surface area contributed by atoms with Crippen LogP contribution in [0, 0.1) is 0 Å². The second-order valence-corrected chi connectivity index (χ2v) is 7.97. The van der Waals surface area contributed by atoms with E-state index in [1.54, 1.807) is 0 Å². The number of halogens is 1. The van der Waals surface area contributed by atoms with Crippen molar-refractivity contribution in [3.8, 4) is 0 Å². The number of para-hydroxylation sites is 2. The fraction of sp³-hybridized carbons (Fsp3) is 0.240. The molecule has 0 unspecified atom stereocenters. The molecule has 5 rings (SSSR count). The molecular formula is C25H27IN4. The van der Waals surface area contributed by atoms with Gasteiger partial charge in [0.25, 0.3) is 0 Å². The number of likely N-dealkylation sites (N-methyl/N-ethyl adjacent to an activating group) is 1. The second kappa shape index (κ2) is 8.78. The standard InChI is InChI=1S/C25H26N4.HI/c1-27-13-15-29(16-14-27)25-18-21(28(2)24-10-6-4-8-22(24)25)12-11-20-17-19-7-3-5-9-23(19)26-20;/h3-12,17-18H,13-16H2,1-2H3;1H. The smallest absolute Gasteiger partial charge is 0.214 e. The van der Waals surface area contributed by atoms with Gasteiger partial charge in [0, 0.05) is 55.6 Å². The highest BCUT2D eigenvalue weighted by Gasteiger charge is 2.21. The summed E-state index contributed by atoms with van der Waals surface area (Å²) in [5.41, 5.74) is 6.10. The van der Waals surface area contributed by atoms with Gasteiger partial charge < -0.3 is 38.8 Å². The number of anilines is 1. The SMILES string of the molecule is CN1CCN(c2cc(/C=C/c3cc4ccccc4[nH]3)[n+](C)c3ccccc23)CC1.[I-]. The first-order valence-corrected chi connectivity index (χ1v) is 10.3. The molecule has 2 aromatic heterocycles. The number of fused-ring (bicyclic) bond motifs is 2. The van der Waals surface area contributed by atoms with E-state index < -0.39 is 0 Å². The van der Waals surface area contributed by atoms with E-state index >= 15 is 0 Å². The Labute approximate surface area is 194 Å². The van der Waals surface area contributed by atoms with E-state index in [1.165, 1.54) is 33.2 Å². The number of rotatable bonds is 3. The van der Waals surface area contributed by atoms with Crippen molar-refractivity contribution in [2.75, 3.05) is 38.1 Å². The average molecular weight is 510 g/mol. The van der Waals surface area contributed by atoms with Gasteiger partial charge >= 0.3 is 0 Å². The number of hydrogen-bond donors (Lipinski definition) is 1. The van der Waals surface area contributed by atoms with Crippen LogP contribution >= 0.6 is 0 Å². The third-order valence-electron chi connectivity index (χ3n) is 6.04. The molecule has 1 saturated heterocycles. The molecule has 1 fully saturated rings. The Bertz CT molecular complexity index is 1170. The van der Waals surface area contributed by atoms with Crippen LogP contribution in [0.5, 0.6) is 0 Å². The Kier molecular flexibility index (Phi) is 6.11. The van der Waals surface area contributed by atoms with Crippen molar-refractivity contribution >= 4 is 39.6 Å². The monoisotopic (exact) mass is 510 g/mol.